The minimum absolute atomic E-state index is 0.00393. The number of rotatable bonds is 3. The summed E-state index contributed by atoms with van der Waals surface area (Å²) in [5.74, 6) is 0.130. The lowest BCUT2D eigenvalue weighted by Crippen LogP contribution is -2.53. The number of hydrogen-bond acceptors (Lipinski definition) is 4. The van der Waals surface area contributed by atoms with Crippen LogP contribution >= 0.6 is 0 Å². The highest BCUT2D eigenvalue weighted by atomic mass is 16.5. The number of aliphatic hydroxyl groups excluding tert-OH is 1. The number of para-hydroxylation sites is 1. The van der Waals surface area contributed by atoms with Gasteiger partial charge in [0, 0.05) is 24.8 Å². The minimum atomic E-state index is -0.181. The first-order valence-corrected chi connectivity index (χ1v) is 7.54. The molecular formula is C16H22N2O3. The number of carbonyl (C=O) groups excluding carboxylic acids is 1. The van der Waals surface area contributed by atoms with Gasteiger partial charge < -0.3 is 14.7 Å². The zero-order valence-corrected chi connectivity index (χ0v) is 12.4. The third-order valence-electron chi connectivity index (χ3n) is 4.36. The second kappa shape index (κ2) is 6.13. The maximum absolute atomic E-state index is 12.6. The molecular weight excluding hydrogens is 268 g/mol. The third-order valence-corrected chi connectivity index (χ3v) is 4.36. The summed E-state index contributed by atoms with van der Waals surface area (Å²) in [5.41, 5.74) is 2.29. The van der Waals surface area contributed by atoms with E-state index in [4.69, 9.17) is 4.74 Å². The van der Waals surface area contributed by atoms with Gasteiger partial charge in [-0.3, -0.25) is 9.69 Å². The van der Waals surface area contributed by atoms with Crippen molar-refractivity contribution in [3.05, 3.63) is 29.8 Å². The fourth-order valence-corrected chi connectivity index (χ4v) is 3.06. The molecule has 2 aliphatic heterocycles. The summed E-state index contributed by atoms with van der Waals surface area (Å²) >= 11 is 0. The molecule has 0 bridgehead atoms. The van der Waals surface area contributed by atoms with E-state index in [0.717, 1.165) is 18.7 Å². The summed E-state index contributed by atoms with van der Waals surface area (Å²) in [4.78, 5) is 16.6. The Morgan fingerprint density at radius 3 is 3.05 bits per heavy atom. The Bertz CT molecular complexity index is 520. The van der Waals surface area contributed by atoms with E-state index in [9.17, 15) is 9.90 Å². The average Bonchev–Trinajstić information content (AvgIpc) is 2.93. The molecule has 0 aliphatic carbocycles. The first kappa shape index (κ1) is 14.5. The highest BCUT2D eigenvalue weighted by Gasteiger charge is 2.30. The van der Waals surface area contributed by atoms with E-state index >= 15 is 0 Å². The van der Waals surface area contributed by atoms with Crippen LogP contribution in [-0.2, 0) is 16.0 Å². The Labute approximate surface area is 125 Å². The number of amides is 1. The Morgan fingerprint density at radius 2 is 2.24 bits per heavy atom. The number of anilines is 1. The lowest BCUT2D eigenvalue weighted by atomic mass is 10.2. The predicted octanol–water partition coefficient (Wildman–Crippen LogP) is 0.657. The molecule has 2 unspecified atom stereocenters. The number of hydrogen-bond donors (Lipinski definition) is 1. The molecule has 0 aromatic heterocycles. The molecule has 0 spiro atoms. The van der Waals surface area contributed by atoms with Crippen molar-refractivity contribution in [2.24, 2.45) is 0 Å². The minimum Gasteiger partial charge on any atom is -0.394 e. The summed E-state index contributed by atoms with van der Waals surface area (Å²) < 4.78 is 5.52. The molecule has 114 valence electrons. The summed E-state index contributed by atoms with van der Waals surface area (Å²) in [6, 6.07) is 8.29. The number of fused-ring (bicyclic) bond motifs is 1. The van der Waals surface area contributed by atoms with Crippen molar-refractivity contribution in [1.29, 1.82) is 0 Å². The van der Waals surface area contributed by atoms with Gasteiger partial charge in [-0.15, -0.1) is 0 Å². The molecule has 1 aromatic rings. The molecule has 1 amide bonds. The van der Waals surface area contributed by atoms with Crippen molar-refractivity contribution in [3.63, 3.8) is 0 Å². The molecule has 1 fully saturated rings. The van der Waals surface area contributed by atoms with Gasteiger partial charge in [-0.05, 0) is 25.0 Å². The van der Waals surface area contributed by atoms with Gasteiger partial charge in [-0.1, -0.05) is 18.2 Å². The van der Waals surface area contributed by atoms with Gasteiger partial charge in [0.05, 0.1) is 25.9 Å². The molecule has 2 atom stereocenters. The van der Waals surface area contributed by atoms with Gasteiger partial charge in [0.25, 0.3) is 0 Å². The molecule has 5 heteroatoms. The predicted molar refractivity (Wildman–Crippen MR) is 80.4 cm³/mol. The maximum atomic E-state index is 12.6. The molecule has 2 heterocycles. The SMILES string of the molecule is CC1COC(CO)CN1CC(=O)N1CCc2ccccc21. The fraction of sp³-hybridized carbons (Fsp3) is 0.562. The molecule has 1 aromatic carbocycles. The Kier molecular flexibility index (Phi) is 4.24. The zero-order valence-electron chi connectivity index (χ0n) is 12.4. The zero-order chi connectivity index (χ0) is 14.8. The molecule has 21 heavy (non-hydrogen) atoms. The van der Waals surface area contributed by atoms with Gasteiger partial charge >= 0.3 is 0 Å². The number of nitrogens with zero attached hydrogens (tertiary/aromatic N) is 2. The molecule has 2 aliphatic rings. The average molecular weight is 290 g/mol. The van der Waals surface area contributed by atoms with Crippen LogP contribution in [-0.4, -0.2) is 60.9 Å². The fourth-order valence-electron chi connectivity index (χ4n) is 3.06. The van der Waals surface area contributed by atoms with Crippen LogP contribution in [0.5, 0.6) is 0 Å². The summed E-state index contributed by atoms with van der Waals surface area (Å²) in [7, 11) is 0. The molecule has 0 radical (unpaired) electrons. The largest absolute Gasteiger partial charge is 0.394 e. The van der Waals surface area contributed by atoms with Gasteiger partial charge in [0.2, 0.25) is 5.91 Å². The monoisotopic (exact) mass is 290 g/mol. The second-order valence-corrected chi connectivity index (χ2v) is 5.84. The maximum Gasteiger partial charge on any atom is 0.241 e. The topological polar surface area (TPSA) is 53.0 Å². The second-order valence-electron chi connectivity index (χ2n) is 5.84. The van der Waals surface area contributed by atoms with E-state index in [0.29, 0.717) is 19.7 Å². The summed E-state index contributed by atoms with van der Waals surface area (Å²) in [6.45, 7) is 4.38. The van der Waals surface area contributed by atoms with Crippen molar-refractivity contribution < 1.29 is 14.6 Å². The van der Waals surface area contributed by atoms with E-state index in [1.807, 2.05) is 23.1 Å². The van der Waals surface area contributed by atoms with Gasteiger partial charge in [0.1, 0.15) is 0 Å². The van der Waals surface area contributed by atoms with Crippen molar-refractivity contribution in [3.8, 4) is 0 Å². The van der Waals surface area contributed by atoms with Crippen molar-refractivity contribution in [2.45, 2.75) is 25.5 Å². The molecule has 1 N–H and O–H groups in total. The van der Waals surface area contributed by atoms with Crippen LogP contribution in [0.4, 0.5) is 5.69 Å². The smallest absolute Gasteiger partial charge is 0.241 e. The molecule has 3 rings (SSSR count). The quantitative estimate of drug-likeness (QED) is 0.888. The van der Waals surface area contributed by atoms with Crippen LogP contribution < -0.4 is 4.90 Å². The van der Waals surface area contributed by atoms with E-state index in [1.54, 1.807) is 0 Å². The Hall–Kier alpha value is -1.43. The Balaban J connectivity index is 1.67. The van der Waals surface area contributed by atoms with Crippen LogP contribution in [0.25, 0.3) is 0 Å². The number of morpholine rings is 1. The molecule has 5 nitrogen and oxygen atoms in total. The van der Waals surface area contributed by atoms with Crippen LogP contribution in [0, 0.1) is 0 Å². The lowest BCUT2D eigenvalue weighted by molar-refractivity contribution is -0.125. The Morgan fingerprint density at radius 1 is 1.43 bits per heavy atom. The highest BCUT2D eigenvalue weighted by Crippen LogP contribution is 2.27. The van der Waals surface area contributed by atoms with Crippen LogP contribution in [0.3, 0.4) is 0 Å². The normalized spacial score (nSPS) is 25.9. The standard InChI is InChI=1S/C16H22N2O3/c1-12-11-21-14(10-19)8-17(12)9-16(20)18-7-6-13-4-2-3-5-15(13)18/h2-5,12,14,19H,6-11H2,1H3. The first-order valence-electron chi connectivity index (χ1n) is 7.54. The van der Waals surface area contributed by atoms with E-state index in [2.05, 4.69) is 17.9 Å². The van der Waals surface area contributed by atoms with E-state index < -0.39 is 0 Å². The first-order chi connectivity index (χ1) is 10.2. The highest BCUT2D eigenvalue weighted by molar-refractivity contribution is 5.96. The van der Waals surface area contributed by atoms with Gasteiger partial charge in [0.15, 0.2) is 0 Å². The number of benzene rings is 1. The van der Waals surface area contributed by atoms with Crippen LogP contribution in [0.2, 0.25) is 0 Å². The van der Waals surface area contributed by atoms with Crippen molar-refractivity contribution in [2.75, 3.05) is 37.7 Å². The summed E-state index contributed by atoms with van der Waals surface area (Å²) in [5, 5.41) is 9.22. The van der Waals surface area contributed by atoms with E-state index in [-0.39, 0.29) is 24.7 Å². The van der Waals surface area contributed by atoms with Gasteiger partial charge in [-0.25, -0.2) is 0 Å². The number of ether oxygens (including phenoxy) is 1. The van der Waals surface area contributed by atoms with Crippen molar-refractivity contribution >= 4 is 11.6 Å². The summed E-state index contributed by atoms with van der Waals surface area (Å²) in [6.07, 6.45) is 0.750. The van der Waals surface area contributed by atoms with Crippen LogP contribution in [0.1, 0.15) is 12.5 Å². The number of aliphatic hydroxyl groups is 1. The number of carbonyl (C=O) groups is 1. The van der Waals surface area contributed by atoms with Crippen molar-refractivity contribution in [1.82, 2.24) is 4.90 Å². The third kappa shape index (κ3) is 2.95. The van der Waals surface area contributed by atoms with Crippen LogP contribution in [0.15, 0.2) is 24.3 Å². The molecule has 0 saturated carbocycles. The molecule has 1 saturated heterocycles. The van der Waals surface area contributed by atoms with Gasteiger partial charge in [-0.2, -0.15) is 0 Å². The lowest BCUT2D eigenvalue weighted by Gasteiger charge is -2.37. The van der Waals surface area contributed by atoms with E-state index in [1.165, 1.54) is 5.56 Å².